The Labute approximate surface area is 116 Å². The molecule has 3 heteroatoms. The van der Waals surface area contributed by atoms with E-state index < -0.39 is 0 Å². The lowest BCUT2D eigenvalue weighted by Crippen LogP contribution is -2.33. The summed E-state index contributed by atoms with van der Waals surface area (Å²) in [6, 6.07) is 6.79. The zero-order chi connectivity index (χ0) is 13.3. The third kappa shape index (κ3) is 5.29. The molecule has 0 aliphatic carbocycles. The van der Waals surface area contributed by atoms with Gasteiger partial charge in [0.2, 0.25) is 0 Å². The van der Waals surface area contributed by atoms with Gasteiger partial charge >= 0.3 is 0 Å². The SMILES string of the molecule is CCNC(CCc1ccccn1)CC1CCOCC1. The number of ether oxygens (including phenoxy) is 1. The minimum atomic E-state index is 0.620. The zero-order valence-corrected chi connectivity index (χ0v) is 12.0. The average molecular weight is 262 g/mol. The number of aryl methyl sites for hydroxylation is 1. The third-order valence-corrected chi connectivity index (χ3v) is 3.93. The summed E-state index contributed by atoms with van der Waals surface area (Å²) in [4.78, 5) is 4.41. The highest BCUT2D eigenvalue weighted by Gasteiger charge is 2.18. The molecular weight excluding hydrogens is 236 g/mol. The monoisotopic (exact) mass is 262 g/mol. The van der Waals surface area contributed by atoms with Crippen LogP contribution in [0.3, 0.4) is 0 Å². The summed E-state index contributed by atoms with van der Waals surface area (Å²) in [5.74, 6) is 0.835. The van der Waals surface area contributed by atoms with Crippen LogP contribution in [0.2, 0.25) is 0 Å². The molecule has 106 valence electrons. The Kier molecular flexibility index (Phi) is 6.31. The Balaban J connectivity index is 1.78. The fourth-order valence-electron chi connectivity index (χ4n) is 2.84. The number of hydrogen-bond donors (Lipinski definition) is 1. The minimum Gasteiger partial charge on any atom is -0.381 e. The molecule has 0 amide bonds. The molecule has 1 aromatic heterocycles. The van der Waals surface area contributed by atoms with Gasteiger partial charge in [-0.15, -0.1) is 0 Å². The normalized spacial score (nSPS) is 18.4. The van der Waals surface area contributed by atoms with Crippen molar-refractivity contribution in [3.05, 3.63) is 30.1 Å². The Morgan fingerprint density at radius 2 is 2.21 bits per heavy atom. The van der Waals surface area contributed by atoms with Gasteiger partial charge < -0.3 is 10.1 Å². The van der Waals surface area contributed by atoms with E-state index >= 15 is 0 Å². The molecule has 19 heavy (non-hydrogen) atoms. The van der Waals surface area contributed by atoms with Crippen molar-refractivity contribution in [2.75, 3.05) is 19.8 Å². The van der Waals surface area contributed by atoms with Gasteiger partial charge in [-0.05, 0) is 56.7 Å². The van der Waals surface area contributed by atoms with Gasteiger partial charge in [0.25, 0.3) is 0 Å². The van der Waals surface area contributed by atoms with Crippen LogP contribution in [0.25, 0.3) is 0 Å². The summed E-state index contributed by atoms with van der Waals surface area (Å²) < 4.78 is 5.44. The predicted molar refractivity (Wildman–Crippen MR) is 78.2 cm³/mol. The first-order valence-electron chi connectivity index (χ1n) is 7.59. The summed E-state index contributed by atoms with van der Waals surface area (Å²) >= 11 is 0. The minimum absolute atomic E-state index is 0.620. The van der Waals surface area contributed by atoms with E-state index in [1.165, 1.54) is 31.4 Å². The van der Waals surface area contributed by atoms with Crippen molar-refractivity contribution in [2.45, 2.75) is 45.1 Å². The molecule has 0 spiro atoms. The first-order chi connectivity index (χ1) is 9.38. The van der Waals surface area contributed by atoms with Crippen LogP contribution in [0.1, 0.15) is 38.3 Å². The highest BCUT2D eigenvalue weighted by molar-refractivity contribution is 5.03. The molecular formula is C16H26N2O. The smallest absolute Gasteiger partial charge is 0.0468 e. The Bertz CT molecular complexity index is 336. The lowest BCUT2D eigenvalue weighted by atomic mass is 9.90. The molecule has 3 nitrogen and oxygen atoms in total. The number of hydrogen-bond acceptors (Lipinski definition) is 3. The number of pyridine rings is 1. The second-order valence-electron chi connectivity index (χ2n) is 5.41. The summed E-state index contributed by atoms with van der Waals surface area (Å²) in [6.07, 6.45) is 7.88. The summed E-state index contributed by atoms with van der Waals surface area (Å²) in [5.41, 5.74) is 1.21. The van der Waals surface area contributed by atoms with Crippen molar-refractivity contribution in [2.24, 2.45) is 5.92 Å². The van der Waals surface area contributed by atoms with E-state index in [0.717, 1.165) is 32.1 Å². The van der Waals surface area contributed by atoms with E-state index in [1.54, 1.807) is 0 Å². The van der Waals surface area contributed by atoms with Gasteiger partial charge in [0.05, 0.1) is 0 Å². The van der Waals surface area contributed by atoms with Crippen molar-refractivity contribution in [1.29, 1.82) is 0 Å². The molecule has 1 saturated heterocycles. The van der Waals surface area contributed by atoms with Crippen LogP contribution in [-0.4, -0.2) is 30.8 Å². The molecule has 2 heterocycles. The van der Waals surface area contributed by atoms with Gasteiger partial charge in [-0.1, -0.05) is 13.0 Å². The van der Waals surface area contributed by atoms with E-state index in [2.05, 4.69) is 29.4 Å². The standard InChI is InChI=1S/C16H26N2O/c1-2-17-16(13-14-8-11-19-12-9-14)7-6-15-5-3-4-10-18-15/h3-5,10,14,16-17H,2,6-9,11-13H2,1H3. The van der Waals surface area contributed by atoms with E-state index in [1.807, 2.05) is 12.3 Å². The van der Waals surface area contributed by atoms with Gasteiger partial charge in [-0.25, -0.2) is 0 Å². The topological polar surface area (TPSA) is 34.2 Å². The van der Waals surface area contributed by atoms with Crippen LogP contribution in [0.15, 0.2) is 24.4 Å². The second-order valence-corrected chi connectivity index (χ2v) is 5.41. The fraction of sp³-hybridized carbons (Fsp3) is 0.688. The van der Waals surface area contributed by atoms with Gasteiger partial charge in [0.15, 0.2) is 0 Å². The number of nitrogens with one attached hydrogen (secondary N) is 1. The average Bonchev–Trinajstić information content (AvgIpc) is 2.47. The number of nitrogens with zero attached hydrogens (tertiary/aromatic N) is 1. The quantitative estimate of drug-likeness (QED) is 0.820. The molecule has 0 saturated carbocycles. The predicted octanol–water partition coefficient (Wildman–Crippen LogP) is 2.81. The van der Waals surface area contributed by atoms with Crippen LogP contribution >= 0.6 is 0 Å². The van der Waals surface area contributed by atoms with Gasteiger partial charge in [-0.2, -0.15) is 0 Å². The number of aromatic nitrogens is 1. The maximum Gasteiger partial charge on any atom is 0.0468 e. The summed E-state index contributed by atoms with van der Waals surface area (Å²) in [6.45, 7) is 5.14. The largest absolute Gasteiger partial charge is 0.381 e. The zero-order valence-electron chi connectivity index (χ0n) is 12.0. The van der Waals surface area contributed by atoms with Gasteiger partial charge in [-0.3, -0.25) is 4.98 Å². The van der Waals surface area contributed by atoms with Crippen LogP contribution in [-0.2, 0) is 11.2 Å². The van der Waals surface area contributed by atoms with E-state index in [-0.39, 0.29) is 0 Å². The maximum atomic E-state index is 5.44. The lowest BCUT2D eigenvalue weighted by Gasteiger charge is -2.27. The molecule has 1 fully saturated rings. The van der Waals surface area contributed by atoms with Gasteiger partial charge in [0, 0.05) is 31.1 Å². The molecule has 0 radical (unpaired) electrons. The molecule has 1 aliphatic rings. The molecule has 0 aromatic carbocycles. The molecule has 1 aliphatic heterocycles. The third-order valence-electron chi connectivity index (χ3n) is 3.93. The van der Waals surface area contributed by atoms with Crippen LogP contribution in [0.4, 0.5) is 0 Å². The van der Waals surface area contributed by atoms with Crippen molar-refractivity contribution < 1.29 is 4.74 Å². The summed E-state index contributed by atoms with van der Waals surface area (Å²) in [5, 5.41) is 3.63. The van der Waals surface area contributed by atoms with Crippen molar-refractivity contribution >= 4 is 0 Å². The molecule has 1 atom stereocenters. The molecule has 2 rings (SSSR count). The first kappa shape index (κ1) is 14.5. The molecule has 1 unspecified atom stereocenters. The molecule has 1 aromatic rings. The van der Waals surface area contributed by atoms with E-state index in [9.17, 15) is 0 Å². The molecule has 0 bridgehead atoms. The maximum absolute atomic E-state index is 5.44. The van der Waals surface area contributed by atoms with Crippen molar-refractivity contribution in [1.82, 2.24) is 10.3 Å². The van der Waals surface area contributed by atoms with Crippen molar-refractivity contribution in [3.63, 3.8) is 0 Å². The number of rotatable bonds is 7. The van der Waals surface area contributed by atoms with Crippen LogP contribution in [0.5, 0.6) is 0 Å². The fourth-order valence-corrected chi connectivity index (χ4v) is 2.84. The lowest BCUT2D eigenvalue weighted by molar-refractivity contribution is 0.0603. The summed E-state index contributed by atoms with van der Waals surface area (Å²) in [7, 11) is 0. The molecule has 1 N–H and O–H groups in total. The second kappa shape index (κ2) is 8.28. The first-order valence-corrected chi connectivity index (χ1v) is 7.59. The van der Waals surface area contributed by atoms with Crippen LogP contribution < -0.4 is 5.32 Å². The highest BCUT2D eigenvalue weighted by Crippen LogP contribution is 2.21. The van der Waals surface area contributed by atoms with Gasteiger partial charge in [0.1, 0.15) is 0 Å². The Morgan fingerprint density at radius 3 is 2.89 bits per heavy atom. The highest BCUT2D eigenvalue weighted by atomic mass is 16.5. The Hall–Kier alpha value is -0.930. The van der Waals surface area contributed by atoms with Crippen LogP contribution in [0, 0.1) is 5.92 Å². The van der Waals surface area contributed by atoms with E-state index in [0.29, 0.717) is 6.04 Å². The van der Waals surface area contributed by atoms with Crippen molar-refractivity contribution in [3.8, 4) is 0 Å². The van der Waals surface area contributed by atoms with E-state index in [4.69, 9.17) is 4.74 Å². The Morgan fingerprint density at radius 1 is 1.37 bits per heavy atom.